The Labute approximate surface area is 91.8 Å². The summed E-state index contributed by atoms with van der Waals surface area (Å²) in [5, 5.41) is 0. The molecule has 4 heteroatoms. The van der Waals surface area contributed by atoms with Gasteiger partial charge in [-0.15, -0.1) is 0 Å². The highest BCUT2D eigenvalue weighted by Crippen LogP contribution is 2.20. The molecule has 0 bridgehead atoms. The second-order valence-electron chi connectivity index (χ2n) is 3.26. The third-order valence-corrected chi connectivity index (χ3v) is 2.42. The first-order valence-corrected chi connectivity index (χ1v) is 4.89. The molecule has 2 rings (SSSR count). The highest BCUT2D eigenvalue weighted by molar-refractivity contribution is 7.71. The number of rotatable bonds is 1. The van der Waals surface area contributed by atoms with E-state index in [4.69, 9.17) is 12.2 Å². The standard InChI is InChI=1S/C11H9FN2S/c1-7-2-4-8(5-3-7)10-9(12)11(15)14-6-13-10/h2-6H,1H3,(H,13,14,15). The van der Waals surface area contributed by atoms with Crippen LogP contribution >= 0.6 is 12.2 Å². The number of halogens is 1. The van der Waals surface area contributed by atoms with E-state index in [1.54, 1.807) is 0 Å². The summed E-state index contributed by atoms with van der Waals surface area (Å²) in [6.07, 6.45) is 1.40. The Hall–Kier alpha value is -1.55. The fourth-order valence-electron chi connectivity index (χ4n) is 1.31. The summed E-state index contributed by atoms with van der Waals surface area (Å²) >= 11 is 4.76. The highest BCUT2D eigenvalue weighted by Gasteiger charge is 2.06. The molecule has 1 heterocycles. The molecule has 0 spiro atoms. The molecule has 76 valence electrons. The number of hydrogen-bond acceptors (Lipinski definition) is 2. The zero-order chi connectivity index (χ0) is 10.8. The van der Waals surface area contributed by atoms with E-state index in [2.05, 4.69) is 9.97 Å². The fraction of sp³-hybridized carbons (Fsp3) is 0.0909. The van der Waals surface area contributed by atoms with Crippen LogP contribution in [0, 0.1) is 17.4 Å². The van der Waals surface area contributed by atoms with Gasteiger partial charge in [0.15, 0.2) is 10.5 Å². The molecule has 0 aliphatic carbocycles. The third kappa shape index (κ3) is 1.94. The molecule has 1 N–H and O–H groups in total. The number of aromatic amines is 1. The van der Waals surface area contributed by atoms with E-state index in [9.17, 15) is 4.39 Å². The molecule has 0 fully saturated rings. The zero-order valence-corrected chi connectivity index (χ0v) is 8.94. The van der Waals surface area contributed by atoms with E-state index in [0.717, 1.165) is 11.1 Å². The summed E-state index contributed by atoms with van der Waals surface area (Å²) in [6.45, 7) is 1.98. The van der Waals surface area contributed by atoms with Crippen LogP contribution in [0.2, 0.25) is 0 Å². The second-order valence-corrected chi connectivity index (χ2v) is 3.65. The van der Waals surface area contributed by atoms with Crippen molar-refractivity contribution in [2.75, 3.05) is 0 Å². The minimum atomic E-state index is -0.476. The highest BCUT2D eigenvalue weighted by atomic mass is 32.1. The second kappa shape index (κ2) is 3.90. The van der Waals surface area contributed by atoms with Gasteiger partial charge in [0.1, 0.15) is 0 Å². The number of nitrogens with zero attached hydrogens (tertiary/aromatic N) is 1. The molecular formula is C11H9FN2S. The Morgan fingerprint density at radius 2 is 1.93 bits per heavy atom. The van der Waals surface area contributed by atoms with Gasteiger partial charge in [-0.05, 0) is 6.92 Å². The third-order valence-electron chi connectivity index (χ3n) is 2.14. The van der Waals surface area contributed by atoms with Crippen LogP contribution in [0.3, 0.4) is 0 Å². The summed E-state index contributed by atoms with van der Waals surface area (Å²) in [6, 6.07) is 7.54. The smallest absolute Gasteiger partial charge is 0.183 e. The molecule has 0 atom stereocenters. The lowest BCUT2D eigenvalue weighted by molar-refractivity contribution is 0.613. The summed E-state index contributed by atoms with van der Waals surface area (Å²) in [4.78, 5) is 6.43. The molecule has 0 aliphatic rings. The number of benzene rings is 1. The predicted octanol–water partition coefficient (Wildman–Crippen LogP) is 3.25. The van der Waals surface area contributed by atoms with Crippen molar-refractivity contribution in [2.45, 2.75) is 6.92 Å². The number of H-pyrrole nitrogens is 1. The maximum atomic E-state index is 13.6. The molecule has 15 heavy (non-hydrogen) atoms. The Morgan fingerprint density at radius 3 is 2.60 bits per heavy atom. The van der Waals surface area contributed by atoms with Gasteiger partial charge in [-0.2, -0.15) is 0 Å². The van der Waals surface area contributed by atoms with E-state index in [0.29, 0.717) is 5.69 Å². The number of aryl methyl sites for hydroxylation is 1. The molecule has 0 unspecified atom stereocenters. The summed E-state index contributed by atoms with van der Waals surface area (Å²) in [5.74, 6) is -0.476. The van der Waals surface area contributed by atoms with E-state index >= 15 is 0 Å². The van der Waals surface area contributed by atoms with Gasteiger partial charge in [0.05, 0.1) is 12.0 Å². The van der Waals surface area contributed by atoms with E-state index < -0.39 is 5.82 Å². The molecule has 0 radical (unpaired) electrons. The minimum absolute atomic E-state index is 0.00988. The van der Waals surface area contributed by atoms with Crippen molar-refractivity contribution in [1.29, 1.82) is 0 Å². The number of hydrogen-bond donors (Lipinski definition) is 1. The molecule has 2 nitrogen and oxygen atoms in total. The number of aromatic nitrogens is 2. The Kier molecular flexibility index (Phi) is 2.60. The van der Waals surface area contributed by atoms with Crippen molar-refractivity contribution in [1.82, 2.24) is 9.97 Å². The maximum Gasteiger partial charge on any atom is 0.183 e. The maximum absolute atomic E-state index is 13.6. The normalized spacial score (nSPS) is 10.3. The quantitative estimate of drug-likeness (QED) is 0.747. The molecule has 2 aromatic rings. The van der Waals surface area contributed by atoms with Crippen molar-refractivity contribution < 1.29 is 4.39 Å². The molecule has 1 aromatic heterocycles. The average Bonchev–Trinajstić information content (AvgIpc) is 2.24. The van der Waals surface area contributed by atoms with Crippen LogP contribution in [0.5, 0.6) is 0 Å². The Morgan fingerprint density at radius 1 is 1.27 bits per heavy atom. The van der Waals surface area contributed by atoms with E-state index in [-0.39, 0.29) is 4.64 Å². The molecule has 1 aromatic carbocycles. The molecule has 0 aliphatic heterocycles. The van der Waals surface area contributed by atoms with Gasteiger partial charge < -0.3 is 4.98 Å². The summed E-state index contributed by atoms with van der Waals surface area (Å²) in [7, 11) is 0. The SMILES string of the molecule is Cc1ccc(-c2[nH]cnc(=S)c2F)cc1. The van der Waals surface area contributed by atoms with Crippen molar-refractivity contribution in [2.24, 2.45) is 0 Å². The van der Waals surface area contributed by atoms with Gasteiger partial charge in [0, 0.05) is 5.56 Å². The van der Waals surface area contributed by atoms with E-state index in [1.807, 2.05) is 31.2 Å². The number of nitrogens with one attached hydrogen (secondary N) is 1. The fourth-order valence-corrected chi connectivity index (χ4v) is 1.47. The molecule has 0 saturated carbocycles. The van der Waals surface area contributed by atoms with Gasteiger partial charge in [-0.25, -0.2) is 9.37 Å². The zero-order valence-electron chi connectivity index (χ0n) is 8.12. The van der Waals surface area contributed by atoms with Gasteiger partial charge in [0.25, 0.3) is 0 Å². The topological polar surface area (TPSA) is 28.7 Å². The lowest BCUT2D eigenvalue weighted by Gasteiger charge is -2.03. The first kappa shape index (κ1) is 9.98. The van der Waals surface area contributed by atoms with Crippen LogP contribution < -0.4 is 0 Å². The van der Waals surface area contributed by atoms with Crippen molar-refractivity contribution in [3.05, 3.63) is 46.6 Å². The average molecular weight is 220 g/mol. The Bertz CT molecular complexity index is 531. The first-order valence-electron chi connectivity index (χ1n) is 4.48. The predicted molar refractivity (Wildman–Crippen MR) is 59.6 cm³/mol. The van der Waals surface area contributed by atoms with Crippen LogP contribution in [-0.2, 0) is 0 Å². The van der Waals surface area contributed by atoms with Gasteiger partial charge in [-0.3, -0.25) is 0 Å². The van der Waals surface area contributed by atoms with Crippen molar-refractivity contribution >= 4 is 12.2 Å². The molecular weight excluding hydrogens is 211 g/mol. The van der Waals surface area contributed by atoms with Crippen LogP contribution in [-0.4, -0.2) is 9.97 Å². The summed E-state index contributed by atoms with van der Waals surface area (Å²) in [5.41, 5.74) is 2.29. The van der Waals surface area contributed by atoms with Crippen molar-refractivity contribution in [3.8, 4) is 11.3 Å². The monoisotopic (exact) mass is 220 g/mol. The van der Waals surface area contributed by atoms with Crippen LogP contribution in [0.25, 0.3) is 11.3 Å². The van der Waals surface area contributed by atoms with Crippen molar-refractivity contribution in [3.63, 3.8) is 0 Å². The van der Waals surface area contributed by atoms with Crippen LogP contribution in [0.15, 0.2) is 30.6 Å². The largest absolute Gasteiger partial charge is 0.343 e. The van der Waals surface area contributed by atoms with Gasteiger partial charge in [-0.1, -0.05) is 42.0 Å². The van der Waals surface area contributed by atoms with Crippen LogP contribution in [0.1, 0.15) is 5.56 Å². The Balaban J connectivity index is 2.59. The lowest BCUT2D eigenvalue weighted by Crippen LogP contribution is -1.92. The molecule has 0 amide bonds. The van der Waals surface area contributed by atoms with Gasteiger partial charge in [0.2, 0.25) is 0 Å². The first-order chi connectivity index (χ1) is 7.18. The summed E-state index contributed by atoms with van der Waals surface area (Å²) < 4.78 is 13.6. The van der Waals surface area contributed by atoms with Gasteiger partial charge >= 0.3 is 0 Å². The minimum Gasteiger partial charge on any atom is -0.343 e. The lowest BCUT2D eigenvalue weighted by atomic mass is 10.1. The van der Waals surface area contributed by atoms with Crippen LogP contribution in [0.4, 0.5) is 4.39 Å². The molecule has 0 saturated heterocycles. The van der Waals surface area contributed by atoms with E-state index in [1.165, 1.54) is 6.33 Å².